The molecule has 0 saturated heterocycles. The summed E-state index contributed by atoms with van der Waals surface area (Å²) in [7, 11) is 4.00. The number of nitrogens with one attached hydrogen (secondary N) is 1. The summed E-state index contributed by atoms with van der Waals surface area (Å²) in [6.45, 7) is 4.41. The lowest BCUT2D eigenvalue weighted by molar-refractivity contribution is -0.123. The van der Waals surface area contributed by atoms with Crippen LogP contribution in [0.15, 0.2) is 48.5 Å². The van der Waals surface area contributed by atoms with Gasteiger partial charge in [-0.25, -0.2) is 0 Å². The minimum Gasteiger partial charge on any atom is -0.484 e. The van der Waals surface area contributed by atoms with Gasteiger partial charge in [0.15, 0.2) is 12.4 Å². The predicted molar refractivity (Wildman–Crippen MR) is 112 cm³/mol. The van der Waals surface area contributed by atoms with Crippen LogP contribution in [-0.2, 0) is 11.2 Å². The van der Waals surface area contributed by atoms with Crippen LogP contribution in [0.25, 0.3) is 0 Å². The molecule has 2 aromatic rings. The molecule has 0 aromatic heterocycles. The molecular weight excluding hydrogens is 352 g/mol. The van der Waals surface area contributed by atoms with E-state index < -0.39 is 0 Å². The average Bonchev–Trinajstić information content (AvgIpc) is 2.72. The summed E-state index contributed by atoms with van der Waals surface area (Å²) in [5.41, 5.74) is 3.12. The lowest BCUT2D eigenvalue weighted by Gasteiger charge is -2.25. The molecule has 5 heteroatoms. The predicted octanol–water partition coefficient (Wildman–Crippen LogP) is 3.64. The standard InChI is InChI=1S/C23H30N2O3/c1-5-17-7-9-18(10-8-17)21(25(3)4)15-24-23(27)16-28-20-13-11-19(12-14-20)22(26)6-2/h7-14,21H,5-6,15-16H2,1-4H3,(H,24,27)/t21-/m0/s1. The molecule has 150 valence electrons. The van der Waals surface area contributed by atoms with Crippen molar-refractivity contribution in [2.24, 2.45) is 0 Å². The average molecular weight is 383 g/mol. The van der Waals surface area contributed by atoms with E-state index >= 15 is 0 Å². The molecular formula is C23H30N2O3. The van der Waals surface area contributed by atoms with E-state index in [-0.39, 0.29) is 24.3 Å². The number of aryl methyl sites for hydroxylation is 1. The fraction of sp³-hybridized carbons (Fsp3) is 0.391. The van der Waals surface area contributed by atoms with Crippen LogP contribution in [-0.4, -0.2) is 43.8 Å². The molecule has 0 unspecified atom stereocenters. The van der Waals surface area contributed by atoms with Crippen LogP contribution in [0.3, 0.4) is 0 Å². The van der Waals surface area contributed by atoms with Gasteiger partial charge in [0.25, 0.3) is 5.91 Å². The third-order valence-corrected chi connectivity index (χ3v) is 4.76. The van der Waals surface area contributed by atoms with E-state index in [0.29, 0.717) is 24.3 Å². The van der Waals surface area contributed by atoms with E-state index in [1.54, 1.807) is 24.3 Å². The van der Waals surface area contributed by atoms with Crippen LogP contribution in [0.4, 0.5) is 0 Å². The summed E-state index contributed by atoms with van der Waals surface area (Å²) in [4.78, 5) is 25.9. The van der Waals surface area contributed by atoms with E-state index in [2.05, 4.69) is 41.4 Å². The van der Waals surface area contributed by atoms with Gasteiger partial charge in [0.2, 0.25) is 0 Å². The molecule has 2 rings (SSSR count). The second kappa shape index (κ2) is 10.6. The third-order valence-electron chi connectivity index (χ3n) is 4.76. The number of carbonyl (C=O) groups excluding carboxylic acids is 2. The van der Waals surface area contributed by atoms with Crippen molar-refractivity contribution in [2.75, 3.05) is 27.2 Å². The number of benzene rings is 2. The van der Waals surface area contributed by atoms with E-state index in [1.165, 1.54) is 11.1 Å². The van der Waals surface area contributed by atoms with Crippen LogP contribution in [0, 0.1) is 0 Å². The number of amides is 1. The van der Waals surface area contributed by atoms with Crippen LogP contribution in [0.5, 0.6) is 5.75 Å². The first-order valence-corrected chi connectivity index (χ1v) is 9.72. The molecule has 0 saturated carbocycles. The summed E-state index contributed by atoms with van der Waals surface area (Å²) in [6.07, 6.45) is 1.48. The lowest BCUT2D eigenvalue weighted by atomic mass is 10.0. The Bertz CT molecular complexity index is 767. The van der Waals surface area contributed by atoms with Gasteiger partial charge in [-0.3, -0.25) is 9.59 Å². The summed E-state index contributed by atoms with van der Waals surface area (Å²) in [5, 5.41) is 2.94. The van der Waals surface area contributed by atoms with Crippen molar-refractivity contribution in [1.82, 2.24) is 10.2 Å². The van der Waals surface area contributed by atoms with Gasteiger partial charge in [0, 0.05) is 18.5 Å². The van der Waals surface area contributed by atoms with Gasteiger partial charge in [-0.1, -0.05) is 38.1 Å². The van der Waals surface area contributed by atoms with Gasteiger partial charge in [-0.2, -0.15) is 0 Å². The Labute approximate surface area is 167 Å². The van der Waals surface area contributed by atoms with Crippen molar-refractivity contribution in [2.45, 2.75) is 32.7 Å². The topological polar surface area (TPSA) is 58.6 Å². The van der Waals surface area contributed by atoms with Gasteiger partial charge >= 0.3 is 0 Å². The molecule has 0 aliphatic carbocycles. The smallest absolute Gasteiger partial charge is 0.258 e. The SMILES string of the molecule is CCC(=O)c1ccc(OCC(=O)NC[C@@H](c2ccc(CC)cc2)N(C)C)cc1. The van der Waals surface area contributed by atoms with E-state index in [4.69, 9.17) is 4.74 Å². The van der Waals surface area contributed by atoms with Gasteiger partial charge in [0.05, 0.1) is 6.04 Å². The van der Waals surface area contributed by atoms with E-state index in [9.17, 15) is 9.59 Å². The normalized spacial score (nSPS) is 11.9. The number of likely N-dealkylation sites (N-methyl/N-ethyl adjacent to an activating group) is 1. The van der Waals surface area contributed by atoms with Crippen molar-refractivity contribution in [3.05, 3.63) is 65.2 Å². The van der Waals surface area contributed by atoms with Crippen molar-refractivity contribution < 1.29 is 14.3 Å². The number of rotatable bonds is 10. The second-order valence-electron chi connectivity index (χ2n) is 6.97. The zero-order valence-electron chi connectivity index (χ0n) is 17.2. The summed E-state index contributed by atoms with van der Waals surface area (Å²) in [6, 6.07) is 15.5. The highest BCUT2D eigenvalue weighted by Crippen LogP contribution is 2.18. The van der Waals surface area contributed by atoms with Crippen LogP contribution < -0.4 is 10.1 Å². The van der Waals surface area contributed by atoms with E-state index in [1.807, 2.05) is 21.0 Å². The van der Waals surface area contributed by atoms with Crippen molar-refractivity contribution in [3.8, 4) is 5.75 Å². The Balaban J connectivity index is 1.86. The fourth-order valence-electron chi connectivity index (χ4n) is 2.93. The maximum atomic E-state index is 12.2. The maximum Gasteiger partial charge on any atom is 0.258 e. The fourth-order valence-corrected chi connectivity index (χ4v) is 2.93. The quantitative estimate of drug-likeness (QED) is 0.638. The first kappa shape index (κ1) is 21.6. The molecule has 1 amide bonds. The molecule has 28 heavy (non-hydrogen) atoms. The largest absolute Gasteiger partial charge is 0.484 e. The van der Waals surface area contributed by atoms with Gasteiger partial charge in [0.1, 0.15) is 5.75 Å². The number of nitrogens with zero attached hydrogens (tertiary/aromatic N) is 1. The number of hydrogen-bond donors (Lipinski definition) is 1. The van der Waals surface area contributed by atoms with Crippen LogP contribution in [0.2, 0.25) is 0 Å². The molecule has 0 bridgehead atoms. The minimum absolute atomic E-state index is 0.0595. The number of ketones is 1. The van der Waals surface area contributed by atoms with Gasteiger partial charge in [-0.05, 0) is 55.9 Å². The van der Waals surface area contributed by atoms with Gasteiger partial charge < -0.3 is 15.0 Å². The molecule has 0 aliphatic rings. The van der Waals surface area contributed by atoms with Gasteiger partial charge in [-0.15, -0.1) is 0 Å². The van der Waals surface area contributed by atoms with Crippen LogP contribution >= 0.6 is 0 Å². The molecule has 1 atom stereocenters. The molecule has 5 nitrogen and oxygen atoms in total. The molecule has 0 heterocycles. The highest BCUT2D eigenvalue weighted by molar-refractivity contribution is 5.95. The molecule has 0 radical (unpaired) electrons. The molecule has 0 spiro atoms. The van der Waals surface area contributed by atoms with Crippen molar-refractivity contribution in [3.63, 3.8) is 0 Å². The first-order valence-electron chi connectivity index (χ1n) is 9.72. The maximum absolute atomic E-state index is 12.2. The monoisotopic (exact) mass is 382 g/mol. The first-order chi connectivity index (χ1) is 13.4. The molecule has 1 N–H and O–H groups in total. The lowest BCUT2D eigenvalue weighted by Crippen LogP contribution is -2.36. The zero-order chi connectivity index (χ0) is 20.5. The number of hydrogen-bond acceptors (Lipinski definition) is 4. The second-order valence-corrected chi connectivity index (χ2v) is 6.97. The Morgan fingerprint density at radius 1 is 1.00 bits per heavy atom. The summed E-state index contributed by atoms with van der Waals surface area (Å²) >= 11 is 0. The summed E-state index contributed by atoms with van der Waals surface area (Å²) in [5.74, 6) is 0.485. The Kier molecular flexibility index (Phi) is 8.20. The zero-order valence-corrected chi connectivity index (χ0v) is 17.2. The number of ether oxygens (including phenoxy) is 1. The van der Waals surface area contributed by atoms with Crippen molar-refractivity contribution >= 4 is 11.7 Å². The molecule has 2 aromatic carbocycles. The Morgan fingerprint density at radius 3 is 2.18 bits per heavy atom. The third kappa shape index (κ3) is 6.20. The molecule has 0 aliphatic heterocycles. The minimum atomic E-state index is -0.175. The summed E-state index contributed by atoms with van der Waals surface area (Å²) < 4.78 is 5.53. The van der Waals surface area contributed by atoms with E-state index in [0.717, 1.165) is 6.42 Å². The molecule has 0 fully saturated rings. The number of carbonyl (C=O) groups is 2. The van der Waals surface area contributed by atoms with Crippen molar-refractivity contribution in [1.29, 1.82) is 0 Å². The number of Topliss-reactive ketones (excluding diaryl/α,β-unsaturated/α-hetero) is 1. The Morgan fingerprint density at radius 2 is 1.64 bits per heavy atom. The van der Waals surface area contributed by atoms with Crippen LogP contribution in [0.1, 0.15) is 47.8 Å². The Hall–Kier alpha value is -2.66. The highest BCUT2D eigenvalue weighted by atomic mass is 16.5. The highest BCUT2D eigenvalue weighted by Gasteiger charge is 2.15.